The van der Waals surface area contributed by atoms with Crippen molar-refractivity contribution >= 4 is 6.29 Å². The van der Waals surface area contributed by atoms with Crippen molar-refractivity contribution in [3.05, 3.63) is 23.8 Å². The summed E-state index contributed by atoms with van der Waals surface area (Å²) >= 11 is 0. The molecule has 1 aromatic heterocycles. The van der Waals surface area contributed by atoms with Gasteiger partial charge in [-0.05, 0) is 0 Å². The lowest BCUT2D eigenvalue weighted by Crippen LogP contribution is -1.93. The lowest BCUT2D eigenvalue weighted by Gasteiger charge is -2.00. The lowest BCUT2D eigenvalue weighted by molar-refractivity contribution is 0.112. The minimum atomic E-state index is -0.687. The zero-order valence-electron chi connectivity index (χ0n) is 5.87. The van der Waals surface area contributed by atoms with Crippen molar-refractivity contribution in [3.8, 4) is 5.75 Å². The fraction of sp³-hybridized carbons (Fsp3) is 0.143. The number of aldehydes is 1. The summed E-state index contributed by atoms with van der Waals surface area (Å²) in [5.41, 5.74) is 0.167. The molecule has 3 nitrogen and oxygen atoms in total. The Morgan fingerprint density at radius 2 is 2.45 bits per heavy atom. The molecule has 0 N–H and O–H groups in total. The second kappa shape index (κ2) is 3.09. The molecule has 11 heavy (non-hydrogen) atoms. The zero-order valence-corrected chi connectivity index (χ0v) is 5.87. The number of carbonyl (C=O) groups is 1. The van der Waals surface area contributed by atoms with Gasteiger partial charge in [0, 0.05) is 6.07 Å². The molecule has 0 aliphatic carbocycles. The van der Waals surface area contributed by atoms with Gasteiger partial charge in [-0.25, -0.2) is 4.98 Å². The molecule has 58 valence electrons. The Kier molecular flexibility index (Phi) is 2.15. The van der Waals surface area contributed by atoms with Crippen molar-refractivity contribution in [3.63, 3.8) is 0 Å². The summed E-state index contributed by atoms with van der Waals surface area (Å²) in [5, 5.41) is 0. The van der Waals surface area contributed by atoms with Crippen LogP contribution in [0.15, 0.2) is 12.3 Å². The standard InChI is InChI=1S/C7H6FNO2/c1-11-6-3-9-7(8)2-5(6)4-10/h2-4H,1H3. The van der Waals surface area contributed by atoms with Crippen LogP contribution in [0, 0.1) is 5.95 Å². The highest BCUT2D eigenvalue weighted by Gasteiger charge is 2.02. The van der Waals surface area contributed by atoms with Crippen molar-refractivity contribution < 1.29 is 13.9 Å². The molecule has 0 aliphatic rings. The number of hydrogen-bond donors (Lipinski definition) is 0. The van der Waals surface area contributed by atoms with Crippen molar-refractivity contribution in [2.75, 3.05) is 7.11 Å². The lowest BCUT2D eigenvalue weighted by atomic mass is 10.3. The van der Waals surface area contributed by atoms with E-state index in [4.69, 9.17) is 4.74 Å². The molecule has 1 rings (SSSR count). The first-order valence-electron chi connectivity index (χ1n) is 2.92. The third-order valence-electron chi connectivity index (χ3n) is 1.21. The average Bonchev–Trinajstić information content (AvgIpc) is 2.04. The third kappa shape index (κ3) is 1.52. The maximum atomic E-state index is 12.3. The Morgan fingerprint density at radius 1 is 1.73 bits per heavy atom. The largest absolute Gasteiger partial charge is 0.494 e. The van der Waals surface area contributed by atoms with Crippen LogP contribution < -0.4 is 4.74 Å². The average molecular weight is 155 g/mol. The molecule has 0 amide bonds. The van der Waals surface area contributed by atoms with Gasteiger partial charge >= 0.3 is 0 Å². The summed E-state index contributed by atoms with van der Waals surface area (Å²) in [4.78, 5) is 13.6. The topological polar surface area (TPSA) is 39.2 Å². The highest BCUT2D eigenvalue weighted by atomic mass is 19.1. The molecular weight excluding hydrogens is 149 g/mol. The van der Waals surface area contributed by atoms with Gasteiger partial charge < -0.3 is 4.74 Å². The van der Waals surface area contributed by atoms with E-state index < -0.39 is 5.95 Å². The second-order valence-corrected chi connectivity index (χ2v) is 1.87. The number of ether oxygens (including phenoxy) is 1. The molecule has 0 unspecified atom stereocenters. The minimum absolute atomic E-state index is 0.167. The highest BCUT2D eigenvalue weighted by molar-refractivity contribution is 5.78. The van der Waals surface area contributed by atoms with E-state index in [1.54, 1.807) is 0 Å². The fourth-order valence-corrected chi connectivity index (χ4v) is 0.694. The predicted molar refractivity (Wildman–Crippen MR) is 36.1 cm³/mol. The summed E-state index contributed by atoms with van der Waals surface area (Å²) in [5.74, 6) is -0.408. The van der Waals surface area contributed by atoms with Crippen LogP contribution in [-0.2, 0) is 0 Å². The molecule has 1 heterocycles. The number of nitrogens with zero attached hydrogens (tertiary/aromatic N) is 1. The fourth-order valence-electron chi connectivity index (χ4n) is 0.694. The number of pyridine rings is 1. The van der Waals surface area contributed by atoms with E-state index in [1.807, 2.05) is 0 Å². The quantitative estimate of drug-likeness (QED) is 0.473. The smallest absolute Gasteiger partial charge is 0.213 e. The Hall–Kier alpha value is -1.45. The van der Waals surface area contributed by atoms with E-state index in [0.29, 0.717) is 6.29 Å². The van der Waals surface area contributed by atoms with Crippen LogP contribution in [0.5, 0.6) is 5.75 Å². The molecule has 0 saturated carbocycles. The number of carbonyl (C=O) groups excluding carboxylic acids is 1. The van der Waals surface area contributed by atoms with Crippen molar-refractivity contribution in [2.24, 2.45) is 0 Å². The van der Waals surface area contributed by atoms with Crippen molar-refractivity contribution in [1.29, 1.82) is 0 Å². The monoisotopic (exact) mass is 155 g/mol. The normalized spacial score (nSPS) is 9.27. The first-order chi connectivity index (χ1) is 5.27. The SMILES string of the molecule is COc1cnc(F)cc1C=O. The van der Waals surface area contributed by atoms with Crippen LogP contribution in [0.25, 0.3) is 0 Å². The van der Waals surface area contributed by atoms with Gasteiger partial charge in [-0.3, -0.25) is 4.79 Å². The van der Waals surface area contributed by atoms with Gasteiger partial charge in [0.05, 0.1) is 18.9 Å². The molecule has 0 fully saturated rings. The summed E-state index contributed by atoms with van der Waals surface area (Å²) in [6.07, 6.45) is 1.68. The van der Waals surface area contributed by atoms with E-state index >= 15 is 0 Å². The third-order valence-corrected chi connectivity index (χ3v) is 1.21. The van der Waals surface area contributed by atoms with Crippen LogP contribution in [0.1, 0.15) is 10.4 Å². The van der Waals surface area contributed by atoms with Crippen LogP contribution in [0.3, 0.4) is 0 Å². The van der Waals surface area contributed by atoms with Crippen LogP contribution in [0.4, 0.5) is 4.39 Å². The molecule has 0 saturated heterocycles. The van der Waals surface area contributed by atoms with Gasteiger partial charge in [0.25, 0.3) is 0 Å². The molecule has 4 heteroatoms. The molecule has 0 bridgehead atoms. The molecular formula is C7H6FNO2. The summed E-state index contributed by atoms with van der Waals surface area (Å²) in [6.45, 7) is 0. The van der Waals surface area contributed by atoms with E-state index in [2.05, 4.69) is 4.98 Å². The highest BCUT2D eigenvalue weighted by Crippen LogP contribution is 2.14. The van der Waals surface area contributed by atoms with Gasteiger partial charge in [0.2, 0.25) is 5.95 Å². The Balaban J connectivity index is 3.16. The Bertz CT molecular complexity index is 275. The van der Waals surface area contributed by atoms with Crippen LogP contribution >= 0.6 is 0 Å². The van der Waals surface area contributed by atoms with E-state index in [1.165, 1.54) is 13.3 Å². The first kappa shape index (κ1) is 7.65. The van der Waals surface area contributed by atoms with Crippen molar-refractivity contribution in [2.45, 2.75) is 0 Å². The first-order valence-corrected chi connectivity index (χ1v) is 2.92. The number of aromatic nitrogens is 1. The van der Waals surface area contributed by atoms with Gasteiger partial charge in [-0.15, -0.1) is 0 Å². The van der Waals surface area contributed by atoms with E-state index in [-0.39, 0.29) is 11.3 Å². The molecule has 0 radical (unpaired) electrons. The van der Waals surface area contributed by atoms with Crippen molar-refractivity contribution in [1.82, 2.24) is 4.98 Å². The van der Waals surface area contributed by atoms with Gasteiger partial charge in [-0.1, -0.05) is 0 Å². The number of rotatable bonds is 2. The summed E-state index contributed by atoms with van der Waals surface area (Å²) in [7, 11) is 1.39. The van der Waals surface area contributed by atoms with Gasteiger partial charge in [0.15, 0.2) is 6.29 Å². The molecule has 0 aromatic carbocycles. The maximum Gasteiger partial charge on any atom is 0.213 e. The van der Waals surface area contributed by atoms with Crippen LogP contribution in [-0.4, -0.2) is 18.4 Å². The van der Waals surface area contributed by atoms with Gasteiger partial charge in [-0.2, -0.15) is 4.39 Å². The Labute approximate surface area is 62.8 Å². The summed E-state index contributed by atoms with van der Waals surface area (Å²) < 4.78 is 17.1. The number of hydrogen-bond acceptors (Lipinski definition) is 3. The molecule has 0 spiro atoms. The zero-order chi connectivity index (χ0) is 8.27. The molecule has 0 atom stereocenters. The van der Waals surface area contributed by atoms with Gasteiger partial charge in [0.1, 0.15) is 5.75 Å². The molecule has 1 aromatic rings. The maximum absolute atomic E-state index is 12.3. The van der Waals surface area contributed by atoms with E-state index in [9.17, 15) is 9.18 Å². The number of methoxy groups -OCH3 is 1. The molecule has 0 aliphatic heterocycles. The minimum Gasteiger partial charge on any atom is -0.494 e. The number of halogens is 1. The predicted octanol–water partition coefficient (Wildman–Crippen LogP) is 1.04. The van der Waals surface area contributed by atoms with E-state index in [0.717, 1.165) is 6.07 Å². The Morgan fingerprint density at radius 3 is 3.00 bits per heavy atom. The summed E-state index contributed by atoms with van der Waals surface area (Å²) in [6, 6.07) is 1.02. The van der Waals surface area contributed by atoms with Crippen LogP contribution in [0.2, 0.25) is 0 Å². The second-order valence-electron chi connectivity index (χ2n) is 1.87.